The van der Waals surface area contributed by atoms with Crippen LogP contribution in [-0.4, -0.2) is 21.6 Å². The molecule has 0 amide bonds. The van der Waals surface area contributed by atoms with Crippen LogP contribution in [-0.2, 0) is 6.18 Å². The van der Waals surface area contributed by atoms with Crippen LogP contribution in [0.1, 0.15) is 15.9 Å². The second-order valence-corrected chi connectivity index (χ2v) is 5.14. The Bertz CT molecular complexity index is 624. The molecule has 0 aliphatic heterocycles. The third kappa shape index (κ3) is 4.22. The zero-order valence-corrected chi connectivity index (χ0v) is 11.4. The Labute approximate surface area is 122 Å². The molecular formula is C14H10F3NO2S. The van der Waals surface area contributed by atoms with Gasteiger partial charge in [0.1, 0.15) is 5.75 Å². The number of halogens is 3. The summed E-state index contributed by atoms with van der Waals surface area (Å²) in [7, 11) is 0. The van der Waals surface area contributed by atoms with Gasteiger partial charge in [-0.05, 0) is 36.4 Å². The van der Waals surface area contributed by atoms with Gasteiger partial charge < -0.3 is 5.11 Å². The smallest absolute Gasteiger partial charge is 0.417 e. The Morgan fingerprint density at radius 3 is 2.33 bits per heavy atom. The Hall–Kier alpha value is -2.02. The summed E-state index contributed by atoms with van der Waals surface area (Å²) in [5.74, 6) is -0.0753. The molecule has 0 saturated carbocycles. The summed E-state index contributed by atoms with van der Waals surface area (Å²) in [5.41, 5.74) is -0.399. The Morgan fingerprint density at radius 1 is 1.14 bits per heavy atom. The number of pyridine rings is 1. The van der Waals surface area contributed by atoms with Crippen molar-refractivity contribution in [1.82, 2.24) is 4.98 Å². The summed E-state index contributed by atoms with van der Waals surface area (Å²) in [6.07, 6.45) is -3.68. The van der Waals surface area contributed by atoms with Crippen molar-refractivity contribution in [3.05, 3.63) is 53.7 Å². The van der Waals surface area contributed by atoms with E-state index >= 15 is 0 Å². The average Bonchev–Trinajstić information content (AvgIpc) is 2.45. The molecule has 0 aliphatic carbocycles. The van der Waals surface area contributed by atoms with E-state index < -0.39 is 11.7 Å². The number of phenolic OH excluding ortho intramolecular Hbond substituents is 1. The summed E-state index contributed by atoms with van der Waals surface area (Å²) in [5, 5.41) is 9.46. The molecule has 1 aromatic carbocycles. The van der Waals surface area contributed by atoms with Gasteiger partial charge in [-0.25, -0.2) is 4.98 Å². The van der Waals surface area contributed by atoms with Crippen LogP contribution in [0.4, 0.5) is 13.2 Å². The minimum Gasteiger partial charge on any atom is -0.508 e. The van der Waals surface area contributed by atoms with Gasteiger partial charge >= 0.3 is 6.18 Å². The van der Waals surface area contributed by atoms with E-state index in [1.807, 2.05) is 0 Å². The van der Waals surface area contributed by atoms with Gasteiger partial charge in [-0.1, -0.05) is 11.8 Å². The number of alkyl halides is 3. The molecule has 2 rings (SSSR count). The first kappa shape index (κ1) is 15.4. The standard InChI is InChI=1S/C14H10F3NO2S/c15-14(16,17)10-3-6-13(18-7-10)21-8-12(20)9-1-4-11(19)5-2-9/h1-7,19H,8H2. The number of phenols is 1. The highest BCUT2D eigenvalue weighted by Crippen LogP contribution is 2.29. The average molecular weight is 313 g/mol. The first-order valence-electron chi connectivity index (χ1n) is 5.84. The van der Waals surface area contributed by atoms with E-state index in [0.29, 0.717) is 10.6 Å². The SMILES string of the molecule is O=C(CSc1ccc(C(F)(F)F)cn1)c1ccc(O)cc1. The number of aromatic nitrogens is 1. The van der Waals surface area contributed by atoms with Gasteiger partial charge in [0.05, 0.1) is 16.3 Å². The highest BCUT2D eigenvalue weighted by molar-refractivity contribution is 7.99. The number of carbonyl (C=O) groups is 1. The van der Waals surface area contributed by atoms with Gasteiger partial charge in [-0.2, -0.15) is 13.2 Å². The van der Waals surface area contributed by atoms with Crippen LogP contribution in [0.25, 0.3) is 0 Å². The Kier molecular flexibility index (Phi) is 4.52. The molecule has 0 saturated heterocycles. The normalized spacial score (nSPS) is 11.4. The number of ketones is 1. The molecule has 0 aliphatic rings. The monoisotopic (exact) mass is 313 g/mol. The van der Waals surface area contributed by atoms with E-state index in [2.05, 4.69) is 4.98 Å². The van der Waals surface area contributed by atoms with Gasteiger partial charge in [0.15, 0.2) is 5.78 Å². The molecule has 3 nitrogen and oxygen atoms in total. The number of rotatable bonds is 4. The number of carbonyl (C=O) groups excluding carboxylic acids is 1. The van der Waals surface area contributed by atoms with Gasteiger partial charge in [0.25, 0.3) is 0 Å². The maximum Gasteiger partial charge on any atom is 0.417 e. The van der Waals surface area contributed by atoms with Crippen molar-refractivity contribution in [2.45, 2.75) is 11.2 Å². The van der Waals surface area contributed by atoms with E-state index in [-0.39, 0.29) is 17.3 Å². The summed E-state index contributed by atoms with van der Waals surface area (Å²) in [6.45, 7) is 0. The summed E-state index contributed by atoms with van der Waals surface area (Å²) in [6, 6.07) is 7.93. The highest BCUT2D eigenvalue weighted by Gasteiger charge is 2.30. The zero-order valence-electron chi connectivity index (χ0n) is 10.6. The molecule has 110 valence electrons. The van der Waals surface area contributed by atoms with Gasteiger partial charge in [0.2, 0.25) is 0 Å². The maximum absolute atomic E-state index is 12.4. The lowest BCUT2D eigenvalue weighted by Crippen LogP contribution is -2.06. The molecule has 1 aromatic heterocycles. The second-order valence-electron chi connectivity index (χ2n) is 4.14. The summed E-state index contributed by atoms with van der Waals surface area (Å²) in [4.78, 5) is 15.5. The third-order valence-electron chi connectivity index (χ3n) is 2.60. The van der Waals surface area contributed by atoms with Crippen LogP contribution in [0.3, 0.4) is 0 Å². The Balaban J connectivity index is 1.97. The van der Waals surface area contributed by atoms with Crippen LogP contribution >= 0.6 is 11.8 Å². The second kappa shape index (κ2) is 6.17. The molecule has 0 unspecified atom stereocenters. The van der Waals surface area contributed by atoms with Crippen LogP contribution in [0.2, 0.25) is 0 Å². The zero-order chi connectivity index (χ0) is 15.5. The highest BCUT2D eigenvalue weighted by atomic mass is 32.2. The van der Waals surface area contributed by atoms with Crippen LogP contribution < -0.4 is 0 Å². The van der Waals surface area contributed by atoms with Crippen LogP contribution in [0.5, 0.6) is 5.75 Å². The third-order valence-corrected chi connectivity index (χ3v) is 3.55. The van der Waals surface area contributed by atoms with Crippen molar-refractivity contribution in [2.24, 2.45) is 0 Å². The van der Waals surface area contributed by atoms with Crippen molar-refractivity contribution < 1.29 is 23.1 Å². The predicted molar refractivity (Wildman–Crippen MR) is 72.4 cm³/mol. The molecular weight excluding hydrogens is 303 g/mol. The largest absolute Gasteiger partial charge is 0.508 e. The van der Waals surface area contributed by atoms with E-state index in [1.165, 1.54) is 30.3 Å². The fourth-order valence-corrected chi connectivity index (χ4v) is 2.24. The van der Waals surface area contributed by atoms with Gasteiger partial charge in [-0.15, -0.1) is 0 Å². The summed E-state index contributed by atoms with van der Waals surface area (Å²) < 4.78 is 37.1. The quantitative estimate of drug-likeness (QED) is 0.689. The number of benzene rings is 1. The number of hydrogen-bond donors (Lipinski definition) is 1. The molecule has 1 heterocycles. The lowest BCUT2D eigenvalue weighted by atomic mass is 10.1. The maximum atomic E-state index is 12.4. The number of Topliss-reactive ketones (excluding diaryl/α,β-unsaturated/α-hetero) is 1. The van der Waals surface area contributed by atoms with Crippen LogP contribution in [0.15, 0.2) is 47.6 Å². The minimum atomic E-state index is -4.42. The fourth-order valence-electron chi connectivity index (χ4n) is 1.50. The lowest BCUT2D eigenvalue weighted by molar-refractivity contribution is -0.137. The number of thioether (sulfide) groups is 1. The van der Waals surface area contributed by atoms with E-state index in [0.717, 1.165) is 24.0 Å². The first-order chi connectivity index (χ1) is 9.86. The van der Waals surface area contributed by atoms with Crippen molar-refractivity contribution in [2.75, 3.05) is 5.75 Å². The lowest BCUT2D eigenvalue weighted by Gasteiger charge is -2.06. The van der Waals surface area contributed by atoms with E-state index in [9.17, 15) is 18.0 Å². The Morgan fingerprint density at radius 2 is 1.81 bits per heavy atom. The molecule has 0 bridgehead atoms. The predicted octanol–water partition coefficient (Wildman–Crippen LogP) is 3.78. The molecule has 0 spiro atoms. The van der Waals surface area contributed by atoms with Crippen molar-refractivity contribution in [3.63, 3.8) is 0 Å². The van der Waals surface area contributed by atoms with Crippen molar-refractivity contribution >= 4 is 17.5 Å². The van der Waals surface area contributed by atoms with Crippen LogP contribution in [0, 0.1) is 0 Å². The molecule has 0 radical (unpaired) electrons. The number of hydrogen-bond acceptors (Lipinski definition) is 4. The summed E-state index contributed by atoms with van der Waals surface area (Å²) >= 11 is 1.06. The first-order valence-corrected chi connectivity index (χ1v) is 6.83. The minimum absolute atomic E-state index is 0.0587. The number of aromatic hydroxyl groups is 1. The number of nitrogens with zero attached hydrogens (tertiary/aromatic N) is 1. The van der Waals surface area contributed by atoms with Crippen molar-refractivity contribution in [3.8, 4) is 5.75 Å². The molecule has 2 aromatic rings. The molecule has 21 heavy (non-hydrogen) atoms. The fraction of sp³-hybridized carbons (Fsp3) is 0.143. The van der Waals surface area contributed by atoms with Gasteiger partial charge in [-0.3, -0.25) is 4.79 Å². The van der Waals surface area contributed by atoms with E-state index in [1.54, 1.807) is 0 Å². The molecule has 1 N–H and O–H groups in total. The molecule has 0 atom stereocenters. The van der Waals surface area contributed by atoms with E-state index in [4.69, 9.17) is 5.11 Å². The topological polar surface area (TPSA) is 50.2 Å². The molecule has 7 heteroatoms. The molecule has 0 fully saturated rings. The van der Waals surface area contributed by atoms with Crippen molar-refractivity contribution in [1.29, 1.82) is 0 Å². The van der Waals surface area contributed by atoms with Gasteiger partial charge in [0, 0.05) is 11.8 Å².